The van der Waals surface area contributed by atoms with Crippen molar-refractivity contribution in [2.45, 2.75) is 38.7 Å². The molecule has 1 fully saturated rings. The molecule has 0 bridgehead atoms. The molecule has 1 unspecified atom stereocenters. The number of halogens is 1. The van der Waals surface area contributed by atoms with Crippen LogP contribution in [0.4, 0.5) is 4.39 Å². The van der Waals surface area contributed by atoms with E-state index < -0.39 is 5.60 Å². The molecule has 0 radical (unpaired) electrons. The lowest BCUT2D eigenvalue weighted by atomic mass is 9.90. The molecular formula is C13H17FO. The maximum Gasteiger partial charge on any atom is 0.123 e. The van der Waals surface area contributed by atoms with E-state index in [1.54, 1.807) is 6.07 Å². The second kappa shape index (κ2) is 3.60. The Morgan fingerprint density at radius 1 is 1.47 bits per heavy atom. The van der Waals surface area contributed by atoms with Crippen molar-refractivity contribution in [1.82, 2.24) is 0 Å². The van der Waals surface area contributed by atoms with Gasteiger partial charge in [0.2, 0.25) is 0 Å². The summed E-state index contributed by atoms with van der Waals surface area (Å²) in [6.07, 6.45) is 2.75. The fourth-order valence-electron chi connectivity index (χ4n) is 2.07. The molecule has 0 aromatic heterocycles. The Bertz CT molecular complexity index is 367. The van der Waals surface area contributed by atoms with E-state index in [1.807, 2.05) is 13.8 Å². The van der Waals surface area contributed by atoms with Gasteiger partial charge in [-0.05, 0) is 55.9 Å². The van der Waals surface area contributed by atoms with Crippen LogP contribution in [0.2, 0.25) is 0 Å². The standard InChI is InChI=1S/C13H17FO/c1-9-3-6-12(14)7-10(9)8-13(2,15)11-4-5-11/h3,6-7,11,15H,4-5,8H2,1-2H3. The third kappa shape index (κ3) is 2.37. The van der Waals surface area contributed by atoms with Crippen molar-refractivity contribution < 1.29 is 9.50 Å². The summed E-state index contributed by atoms with van der Waals surface area (Å²) in [5.74, 6) is 0.183. The first kappa shape index (κ1) is 10.6. The van der Waals surface area contributed by atoms with E-state index >= 15 is 0 Å². The van der Waals surface area contributed by atoms with Crippen molar-refractivity contribution in [3.8, 4) is 0 Å². The molecule has 0 spiro atoms. The number of aliphatic hydroxyl groups is 1. The highest BCUT2D eigenvalue weighted by Gasteiger charge is 2.39. The van der Waals surface area contributed by atoms with E-state index in [0.717, 1.165) is 24.0 Å². The Balaban J connectivity index is 2.19. The molecule has 0 saturated heterocycles. The van der Waals surface area contributed by atoms with Crippen LogP contribution in [0.1, 0.15) is 30.9 Å². The highest BCUT2D eigenvalue weighted by molar-refractivity contribution is 5.28. The third-order valence-electron chi connectivity index (χ3n) is 3.32. The quantitative estimate of drug-likeness (QED) is 0.809. The molecule has 0 heterocycles. The van der Waals surface area contributed by atoms with Gasteiger partial charge in [-0.1, -0.05) is 6.07 Å². The van der Waals surface area contributed by atoms with Gasteiger partial charge in [-0.3, -0.25) is 0 Å². The summed E-state index contributed by atoms with van der Waals surface area (Å²) in [4.78, 5) is 0. The van der Waals surface area contributed by atoms with Gasteiger partial charge < -0.3 is 5.11 Å². The monoisotopic (exact) mass is 208 g/mol. The van der Waals surface area contributed by atoms with Gasteiger partial charge in [-0.15, -0.1) is 0 Å². The Morgan fingerprint density at radius 2 is 2.13 bits per heavy atom. The molecule has 1 atom stereocenters. The molecule has 15 heavy (non-hydrogen) atoms. The molecule has 0 aliphatic heterocycles. The maximum atomic E-state index is 13.1. The lowest BCUT2D eigenvalue weighted by Crippen LogP contribution is -2.30. The molecular weight excluding hydrogens is 191 g/mol. The van der Waals surface area contributed by atoms with Gasteiger partial charge >= 0.3 is 0 Å². The van der Waals surface area contributed by atoms with E-state index in [-0.39, 0.29) is 5.82 Å². The Labute approximate surface area is 89.9 Å². The zero-order valence-corrected chi connectivity index (χ0v) is 9.26. The lowest BCUT2D eigenvalue weighted by Gasteiger charge is -2.23. The molecule has 82 valence electrons. The smallest absolute Gasteiger partial charge is 0.123 e. The zero-order chi connectivity index (χ0) is 11.1. The summed E-state index contributed by atoms with van der Waals surface area (Å²) >= 11 is 0. The van der Waals surface area contributed by atoms with Gasteiger partial charge in [0.25, 0.3) is 0 Å². The fraction of sp³-hybridized carbons (Fsp3) is 0.538. The van der Waals surface area contributed by atoms with Gasteiger partial charge in [0.05, 0.1) is 5.60 Å². The van der Waals surface area contributed by atoms with Gasteiger partial charge in [0.15, 0.2) is 0 Å². The van der Waals surface area contributed by atoms with Crippen LogP contribution in [0.15, 0.2) is 18.2 Å². The van der Waals surface area contributed by atoms with E-state index in [9.17, 15) is 9.50 Å². The molecule has 1 aliphatic rings. The lowest BCUT2D eigenvalue weighted by molar-refractivity contribution is 0.0370. The molecule has 2 heteroatoms. The van der Waals surface area contributed by atoms with Crippen molar-refractivity contribution in [3.63, 3.8) is 0 Å². The van der Waals surface area contributed by atoms with Crippen LogP contribution in [0.5, 0.6) is 0 Å². The van der Waals surface area contributed by atoms with Crippen LogP contribution in [-0.2, 0) is 6.42 Å². The molecule has 2 rings (SSSR count). The summed E-state index contributed by atoms with van der Waals surface area (Å²) < 4.78 is 13.1. The Kier molecular flexibility index (Phi) is 2.55. The van der Waals surface area contributed by atoms with Crippen LogP contribution in [0, 0.1) is 18.7 Å². The summed E-state index contributed by atoms with van der Waals surface area (Å²) in [5.41, 5.74) is 1.31. The Hall–Kier alpha value is -0.890. The Morgan fingerprint density at radius 3 is 2.73 bits per heavy atom. The van der Waals surface area contributed by atoms with Crippen LogP contribution in [0.3, 0.4) is 0 Å². The average Bonchev–Trinajstić information content (AvgIpc) is 2.93. The fourth-order valence-corrected chi connectivity index (χ4v) is 2.07. The van der Waals surface area contributed by atoms with Gasteiger partial charge in [0, 0.05) is 6.42 Å². The van der Waals surface area contributed by atoms with E-state index in [1.165, 1.54) is 12.1 Å². The minimum atomic E-state index is -0.668. The molecule has 1 aromatic carbocycles. The summed E-state index contributed by atoms with van der Waals surface area (Å²) in [6, 6.07) is 4.77. The average molecular weight is 208 g/mol. The van der Waals surface area contributed by atoms with Crippen molar-refractivity contribution in [1.29, 1.82) is 0 Å². The molecule has 1 nitrogen and oxygen atoms in total. The van der Waals surface area contributed by atoms with Crippen LogP contribution >= 0.6 is 0 Å². The van der Waals surface area contributed by atoms with Crippen LogP contribution < -0.4 is 0 Å². The highest BCUT2D eigenvalue weighted by atomic mass is 19.1. The third-order valence-corrected chi connectivity index (χ3v) is 3.32. The number of aryl methyl sites for hydroxylation is 1. The minimum absolute atomic E-state index is 0.220. The number of rotatable bonds is 3. The van der Waals surface area contributed by atoms with Crippen molar-refractivity contribution in [2.24, 2.45) is 5.92 Å². The number of hydrogen-bond donors (Lipinski definition) is 1. The predicted molar refractivity (Wildman–Crippen MR) is 58.2 cm³/mol. The molecule has 0 amide bonds. The predicted octanol–water partition coefficient (Wildman–Crippen LogP) is 2.84. The highest BCUT2D eigenvalue weighted by Crippen LogP contribution is 2.41. The normalized spacial score (nSPS) is 20.0. The molecule has 1 aliphatic carbocycles. The molecule has 1 saturated carbocycles. The second-order valence-electron chi connectivity index (χ2n) is 4.88. The largest absolute Gasteiger partial charge is 0.390 e. The summed E-state index contributed by atoms with van der Waals surface area (Å²) in [5, 5.41) is 10.2. The van der Waals surface area contributed by atoms with Crippen LogP contribution in [0.25, 0.3) is 0 Å². The summed E-state index contributed by atoms with van der Waals surface area (Å²) in [7, 11) is 0. The van der Waals surface area contributed by atoms with Gasteiger partial charge in [-0.25, -0.2) is 4.39 Å². The number of benzene rings is 1. The number of hydrogen-bond acceptors (Lipinski definition) is 1. The van der Waals surface area contributed by atoms with Crippen LogP contribution in [-0.4, -0.2) is 10.7 Å². The SMILES string of the molecule is Cc1ccc(F)cc1CC(C)(O)C1CC1. The van der Waals surface area contributed by atoms with E-state index in [4.69, 9.17) is 0 Å². The minimum Gasteiger partial charge on any atom is -0.390 e. The van der Waals surface area contributed by atoms with E-state index in [2.05, 4.69) is 0 Å². The summed E-state index contributed by atoms with van der Waals surface area (Å²) in [6.45, 7) is 3.81. The maximum absolute atomic E-state index is 13.1. The van der Waals surface area contributed by atoms with Crippen molar-refractivity contribution in [3.05, 3.63) is 35.1 Å². The molecule has 1 aromatic rings. The molecule has 1 N–H and O–H groups in total. The second-order valence-corrected chi connectivity index (χ2v) is 4.88. The van der Waals surface area contributed by atoms with Crippen molar-refractivity contribution >= 4 is 0 Å². The first-order valence-electron chi connectivity index (χ1n) is 5.46. The zero-order valence-electron chi connectivity index (χ0n) is 9.26. The van der Waals surface area contributed by atoms with Crippen molar-refractivity contribution in [2.75, 3.05) is 0 Å². The van der Waals surface area contributed by atoms with Gasteiger partial charge in [-0.2, -0.15) is 0 Å². The first-order valence-corrected chi connectivity index (χ1v) is 5.46. The first-order chi connectivity index (χ1) is 6.99. The van der Waals surface area contributed by atoms with E-state index in [0.29, 0.717) is 12.3 Å². The topological polar surface area (TPSA) is 20.2 Å². The van der Waals surface area contributed by atoms with Gasteiger partial charge in [0.1, 0.15) is 5.82 Å².